The molecule has 0 aromatic carbocycles. The Morgan fingerprint density at radius 3 is 2.50 bits per heavy atom. The second-order valence-corrected chi connectivity index (χ2v) is 2.82. The first-order valence-corrected chi connectivity index (χ1v) is 3.57. The number of alkyl halides is 2. The van der Waals surface area contributed by atoms with Crippen LogP contribution in [0.5, 0.6) is 0 Å². The van der Waals surface area contributed by atoms with Crippen LogP contribution in [0.25, 0.3) is 0 Å². The molecule has 10 heavy (non-hydrogen) atoms. The van der Waals surface area contributed by atoms with Gasteiger partial charge in [0.1, 0.15) is 0 Å². The first kappa shape index (κ1) is 7.92. The molecule has 1 nitrogen and oxygen atoms in total. The molecule has 1 unspecified atom stereocenters. The normalized spacial score (nSPS) is 33.6. The van der Waals surface area contributed by atoms with E-state index in [0.717, 1.165) is 0 Å². The zero-order valence-electron chi connectivity index (χ0n) is 6.07. The van der Waals surface area contributed by atoms with Crippen LogP contribution in [-0.4, -0.2) is 19.6 Å². The predicted octanol–water partition coefficient (Wildman–Crippen LogP) is 2.07. The first-order valence-electron chi connectivity index (χ1n) is 3.57. The summed E-state index contributed by atoms with van der Waals surface area (Å²) < 4.78 is 29.6. The Kier molecular flexibility index (Phi) is 2.24. The summed E-state index contributed by atoms with van der Waals surface area (Å²) in [4.78, 5) is 0. The van der Waals surface area contributed by atoms with Crippen molar-refractivity contribution < 1.29 is 13.5 Å². The van der Waals surface area contributed by atoms with E-state index in [1.165, 1.54) is 0 Å². The van der Waals surface area contributed by atoms with Crippen LogP contribution in [0.3, 0.4) is 0 Å². The molecule has 0 aromatic rings. The fourth-order valence-electron chi connectivity index (χ4n) is 1.23. The van der Waals surface area contributed by atoms with E-state index in [-0.39, 0.29) is 6.61 Å². The Labute approximate surface area is 59.4 Å². The lowest BCUT2D eigenvalue weighted by Crippen LogP contribution is -2.28. The van der Waals surface area contributed by atoms with Gasteiger partial charge in [0.25, 0.3) is 0 Å². The third-order valence-corrected chi connectivity index (χ3v) is 2.30. The molecule has 0 spiro atoms. The second kappa shape index (κ2) is 2.82. The lowest BCUT2D eigenvalue weighted by atomic mass is 9.85. The van der Waals surface area contributed by atoms with Crippen LogP contribution >= 0.6 is 0 Å². The zero-order valence-corrected chi connectivity index (χ0v) is 6.07. The Balaban J connectivity index is 2.58. The number of hydrogen-bond acceptors (Lipinski definition) is 1. The van der Waals surface area contributed by atoms with Crippen molar-refractivity contribution >= 4 is 0 Å². The smallest absolute Gasteiger partial charge is 0.246 e. The third kappa shape index (κ3) is 1.15. The molecule has 0 aliphatic carbocycles. The standard InChI is InChI=1S/C7H12F2O/c1-2-7(6(8)9)3-4-10-5-7/h6H,2-5H2,1H3. The van der Waals surface area contributed by atoms with Crippen molar-refractivity contribution in [1.29, 1.82) is 0 Å². The molecular weight excluding hydrogens is 138 g/mol. The van der Waals surface area contributed by atoms with Gasteiger partial charge in [0.15, 0.2) is 0 Å². The number of rotatable bonds is 2. The minimum Gasteiger partial charge on any atom is -0.381 e. The van der Waals surface area contributed by atoms with Crippen molar-refractivity contribution in [3.63, 3.8) is 0 Å². The van der Waals surface area contributed by atoms with Gasteiger partial charge in [-0.25, -0.2) is 8.78 Å². The number of halogens is 2. The predicted molar refractivity (Wildman–Crippen MR) is 34.2 cm³/mol. The van der Waals surface area contributed by atoms with E-state index in [0.29, 0.717) is 19.4 Å². The largest absolute Gasteiger partial charge is 0.381 e. The topological polar surface area (TPSA) is 9.23 Å². The van der Waals surface area contributed by atoms with E-state index < -0.39 is 11.8 Å². The molecule has 1 saturated heterocycles. The summed E-state index contributed by atoms with van der Waals surface area (Å²) in [5, 5.41) is 0. The van der Waals surface area contributed by atoms with E-state index in [4.69, 9.17) is 4.74 Å². The zero-order chi connectivity index (χ0) is 7.61. The lowest BCUT2D eigenvalue weighted by molar-refractivity contribution is -0.0144. The maximum atomic E-state index is 12.3. The van der Waals surface area contributed by atoms with Gasteiger partial charge in [-0.15, -0.1) is 0 Å². The van der Waals surface area contributed by atoms with Gasteiger partial charge >= 0.3 is 0 Å². The van der Waals surface area contributed by atoms with E-state index in [2.05, 4.69) is 0 Å². The van der Waals surface area contributed by atoms with E-state index in [9.17, 15) is 8.78 Å². The molecule has 1 aliphatic heterocycles. The molecule has 1 heterocycles. The Morgan fingerprint density at radius 1 is 1.60 bits per heavy atom. The third-order valence-electron chi connectivity index (χ3n) is 2.30. The van der Waals surface area contributed by atoms with Crippen LogP contribution in [0.15, 0.2) is 0 Å². The summed E-state index contributed by atoms with van der Waals surface area (Å²) in [6.07, 6.45) is -1.19. The summed E-state index contributed by atoms with van der Waals surface area (Å²) >= 11 is 0. The first-order chi connectivity index (χ1) is 4.71. The molecule has 0 radical (unpaired) electrons. The average Bonchev–Trinajstić information content (AvgIpc) is 2.35. The molecule has 0 N–H and O–H groups in total. The molecule has 0 bridgehead atoms. The fourth-order valence-corrected chi connectivity index (χ4v) is 1.23. The van der Waals surface area contributed by atoms with Crippen LogP contribution < -0.4 is 0 Å². The van der Waals surface area contributed by atoms with Gasteiger partial charge in [0.2, 0.25) is 6.43 Å². The summed E-state index contributed by atoms with van der Waals surface area (Å²) in [7, 11) is 0. The molecule has 1 rings (SSSR count). The quantitative estimate of drug-likeness (QED) is 0.585. The maximum absolute atomic E-state index is 12.3. The van der Waals surface area contributed by atoms with Crippen LogP contribution in [0.2, 0.25) is 0 Å². The molecule has 60 valence electrons. The molecule has 0 amide bonds. The summed E-state index contributed by atoms with van der Waals surface area (Å²) in [5.74, 6) is 0. The maximum Gasteiger partial charge on any atom is 0.246 e. The minimum absolute atomic E-state index is 0.237. The summed E-state index contributed by atoms with van der Waals surface area (Å²) in [6.45, 7) is 2.53. The molecule has 1 atom stereocenters. The highest BCUT2D eigenvalue weighted by Gasteiger charge is 2.41. The number of hydrogen-bond donors (Lipinski definition) is 0. The van der Waals surface area contributed by atoms with Crippen LogP contribution in [0.4, 0.5) is 8.78 Å². The van der Waals surface area contributed by atoms with Gasteiger partial charge in [-0.2, -0.15) is 0 Å². The van der Waals surface area contributed by atoms with Gasteiger partial charge < -0.3 is 4.74 Å². The number of ether oxygens (including phenoxy) is 1. The van der Waals surface area contributed by atoms with Crippen molar-refractivity contribution in [2.24, 2.45) is 5.41 Å². The van der Waals surface area contributed by atoms with Crippen molar-refractivity contribution in [1.82, 2.24) is 0 Å². The van der Waals surface area contributed by atoms with Gasteiger partial charge in [-0.3, -0.25) is 0 Å². The van der Waals surface area contributed by atoms with Crippen LogP contribution in [0, 0.1) is 5.41 Å². The Morgan fingerprint density at radius 2 is 2.30 bits per heavy atom. The highest BCUT2D eigenvalue weighted by Crippen LogP contribution is 2.37. The monoisotopic (exact) mass is 150 g/mol. The van der Waals surface area contributed by atoms with Gasteiger partial charge in [0.05, 0.1) is 12.0 Å². The Hall–Kier alpha value is -0.180. The molecular formula is C7H12F2O. The Bertz CT molecular complexity index is 108. The molecule has 3 heteroatoms. The highest BCUT2D eigenvalue weighted by atomic mass is 19.3. The average molecular weight is 150 g/mol. The minimum atomic E-state index is -2.22. The highest BCUT2D eigenvalue weighted by molar-refractivity contribution is 4.83. The summed E-state index contributed by atoms with van der Waals surface area (Å²) in [6, 6.07) is 0. The van der Waals surface area contributed by atoms with Crippen LogP contribution in [-0.2, 0) is 4.74 Å². The van der Waals surface area contributed by atoms with Gasteiger partial charge in [-0.1, -0.05) is 6.92 Å². The summed E-state index contributed by atoms with van der Waals surface area (Å²) in [5.41, 5.74) is -0.819. The molecule has 0 saturated carbocycles. The van der Waals surface area contributed by atoms with E-state index in [1.807, 2.05) is 0 Å². The van der Waals surface area contributed by atoms with E-state index in [1.54, 1.807) is 6.92 Å². The molecule has 0 aromatic heterocycles. The van der Waals surface area contributed by atoms with Crippen molar-refractivity contribution in [3.05, 3.63) is 0 Å². The van der Waals surface area contributed by atoms with E-state index >= 15 is 0 Å². The lowest BCUT2D eigenvalue weighted by Gasteiger charge is -2.23. The molecule has 1 aliphatic rings. The van der Waals surface area contributed by atoms with Crippen molar-refractivity contribution in [2.75, 3.05) is 13.2 Å². The second-order valence-electron chi connectivity index (χ2n) is 2.82. The van der Waals surface area contributed by atoms with Gasteiger partial charge in [0, 0.05) is 6.61 Å². The SMILES string of the molecule is CCC1(C(F)F)CCOC1. The van der Waals surface area contributed by atoms with Crippen molar-refractivity contribution in [3.8, 4) is 0 Å². The van der Waals surface area contributed by atoms with Crippen molar-refractivity contribution in [2.45, 2.75) is 26.2 Å². The van der Waals surface area contributed by atoms with Gasteiger partial charge in [-0.05, 0) is 12.8 Å². The molecule has 1 fully saturated rings. The van der Waals surface area contributed by atoms with Crippen LogP contribution in [0.1, 0.15) is 19.8 Å². The fraction of sp³-hybridized carbons (Fsp3) is 1.00.